The highest BCUT2D eigenvalue weighted by molar-refractivity contribution is 6.33. The molecular weight excluding hydrogens is 354 g/mol. The van der Waals surface area contributed by atoms with E-state index in [1.807, 2.05) is 0 Å². The first-order chi connectivity index (χ1) is 12.6. The Morgan fingerprint density at radius 1 is 0.962 bits per heavy atom. The maximum Gasteiger partial charge on any atom is 0.255 e. The van der Waals surface area contributed by atoms with Crippen LogP contribution in [0.4, 0.5) is 5.69 Å². The van der Waals surface area contributed by atoms with E-state index < -0.39 is 0 Å². The van der Waals surface area contributed by atoms with E-state index in [0.29, 0.717) is 48.0 Å². The SMILES string of the molecule is O=CN1CCN(C(=O)c2cccc(C(=O)Nc3ccccc3Cl)c2)CC1. The number of hydrogen-bond acceptors (Lipinski definition) is 3. The van der Waals surface area contributed by atoms with Crippen LogP contribution in [0.25, 0.3) is 0 Å². The smallest absolute Gasteiger partial charge is 0.255 e. The molecule has 0 aliphatic carbocycles. The number of halogens is 1. The first-order valence-electron chi connectivity index (χ1n) is 8.23. The lowest BCUT2D eigenvalue weighted by atomic mass is 10.1. The summed E-state index contributed by atoms with van der Waals surface area (Å²) < 4.78 is 0. The molecule has 2 aromatic rings. The second kappa shape index (κ2) is 8.01. The maximum absolute atomic E-state index is 12.6. The van der Waals surface area contributed by atoms with Gasteiger partial charge in [0.15, 0.2) is 0 Å². The molecule has 3 amide bonds. The number of piperazine rings is 1. The van der Waals surface area contributed by atoms with Gasteiger partial charge in [0.25, 0.3) is 11.8 Å². The van der Waals surface area contributed by atoms with Crippen molar-refractivity contribution < 1.29 is 14.4 Å². The molecule has 0 radical (unpaired) electrons. The fourth-order valence-electron chi connectivity index (χ4n) is 2.76. The molecule has 0 unspecified atom stereocenters. The van der Waals surface area contributed by atoms with Gasteiger partial charge in [0, 0.05) is 37.3 Å². The van der Waals surface area contributed by atoms with Crippen molar-refractivity contribution in [1.82, 2.24) is 9.80 Å². The van der Waals surface area contributed by atoms with Gasteiger partial charge in [-0.1, -0.05) is 29.8 Å². The summed E-state index contributed by atoms with van der Waals surface area (Å²) in [5.74, 6) is -0.485. The molecule has 26 heavy (non-hydrogen) atoms. The Morgan fingerprint density at radius 2 is 1.65 bits per heavy atom. The van der Waals surface area contributed by atoms with E-state index in [9.17, 15) is 14.4 Å². The number of hydrogen-bond donors (Lipinski definition) is 1. The van der Waals surface area contributed by atoms with Gasteiger partial charge in [-0.2, -0.15) is 0 Å². The first kappa shape index (κ1) is 17.9. The van der Waals surface area contributed by atoms with E-state index in [4.69, 9.17) is 11.6 Å². The quantitative estimate of drug-likeness (QED) is 0.839. The molecule has 0 spiro atoms. The molecule has 0 aromatic heterocycles. The number of anilines is 1. The van der Waals surface area contributed by atoms with Gasteiger partial charge in [0.05, 0.1) is 10.7 Å². The average Bonchev–Trinajstić information content (AvgIpc) is 2.69. The zero-order chi connectivity index (χ0) is 18.5. The molecule has 0 bridgehead atoms. The van der Waals surface area contributed by atoms with Crippen LogP contribution in [0.3, 0.4) is 0 Å². The summed E-state index contributed by atoms with van der Waals surface area (Å²) in [6, 6.07) is 13.5. The van der Waals surface area contributed by atoms with Crippen molar-refractivity contribution in [2.75, 3.05) is 31.5 Å². The van der Waals surface area contributed by atoms with E-state index in [-0.39, 0.29) is 11.8 Å². The molecule has 1 aliphatic rings. The molecule has 7 heteroatoms. The van der Waals surface area contributed by atoms with Gasteiger partial charge >= 0.3 is 0 Å². The summed E-state index contributed by atoms with van der Waals surface area (Å²) >= 11 is 6.06. The highest BCUT2D eigenvalue weighted by atomic mass is 35.5. The van der Waals surface area contributed by atoms with Crippen LogP contribution in [-0.4, -0.2) is 54.2 Å². The third-order valence-corrected chi connectivity index (χ3v) is 4.57. The molecule has 0 saturated carbocycles. The second-order valence-corrected chi connectivity index (χ2v) is 6.36. The van der Waals surface area contributed by atoms with Crippen molar-refractivity contribution in [1.29, 1.82) is 0 Å². The van der Waals surface area contributed by atoms with Crippen molar-refractivity contribution in [3.63, 3.8) is 0 Å². The minimum absolute atomic E-state index is 0.150. The predicted molar refractivity (Wildman–Crippen MR) is 99.4 cm³/mol. The maximum atomic E-state index is 12.6. The van der Waals surface area contributed by atoms with Crippen LogP contribution in [0.1, 0.15) is 20.7 Å². The molecule has 1 heterocycles. The summed E-state index contributed by atoms with van der Waals surface area (Å²) in [6.45, 7) is 1.99. The monoisotopic (exact) mass is 371 g/mol. The van der Waals surface area contributed by atoms with Crippen LogP contribution in [0.15, 0.2) is 48.5 Å². The summed E-state index contributed by atoms with van der Waals surface area (Å²) in [7, 11) is 0. The van der Waals surface area contributed by atoms with Crippen LogP contribution in [-0.2, 0) is 4.79 Å². The van der Waals surface area contributed by atoms with E-state index in [0.717, 1.165) is 6.41 Å². The minimum atomic E-state index is -0.335. The third kappa shape index (κ3) is 4.03. The molecule has 3 rings (SSSR count). The summed E-state index contributed by atoms with van der Waals surface area (Å²) in [6.07, 6.45) is 0.793. The largest absolute Gasteiger partial charge is 0.342 e. The third-order valence-electron chi connectivity index (χ3n) is 4.24. The summed E-state index contributed by atoms with van der Waals surface area (Å²) in [4.78, 5) is 39.2. The number of nitrogens with one attached hydrogen (secondary N) is 1. The van der Waals surface area contributed by atoms with Gasteiger partial charge in [-0.05, 0) is 30.3 Å². The Bertz CT molecular complexity index is 832. The van der Waals surface area contributed by atoms with E-state index in [2.05, 4.69) is 5.32 Å². The zero-order valence-electron chi connectivity index (χ0n) is 14.0. The number of carbonyl (C=O) groups excluding carboxylic acids is 3. The van der Waals surface area contributed by atoms with E-state index in [1.165, 1.54) is 0 Å². The van der Waals surface area contributed by atoms with Crippen molar-refractivity contribution in [3.05, 3.63) is 64.7 Å². The minimum Gasteiger partial charge on any atom is -0.342 e. The van der Waals surface area contributed by atoms with E-state index in [1.54, 1.807) is 58.3 Å². The number of rotatable bonds is 4. The van der Waals surface area contributed by atoms with Gasteiger partial charge in [-0.15, -0.1) is 0 Å². The second-order valence-electron chi connectivity index (χ2n) is 5.95. The normalized spacial score (nSPS) is 14.0. The van der Waals surface area contributed by atoms with Crippen molar-refractivity contribution >= 4 is 35.5 Å². The molecule has 1 saturated heterocycles. The number of nitrogens with zero attached hydrogens (tertiary/aromatic N) is 2. The highest BCUT2D eigenvalue weighted by Gasteiger charge is 2.22. The molecular formula is C19H18ClN3O3. The lowest BCUT2D eigenvalue weighted by molar-refractivity contribution is -0.119. The average molecular weight is 372 g/mol. The summed E-state index contributed by atoms with van der Waals surface area (Å²) in [5.41, 5.74) is 1.33. The van der Waals surface area contributed by atoms with Crippen LogP contribution in [0.5, 0.6) is 0 Å². The topological polar surface area (TPSA) is 69.7 Å². The number of para-hydroxylation sites is 1. The molecule has 6 nitrogen and oxygen atoms in total. The Kier molecular flexibility index (Phi) is 5.53. The van der Waals surface area contributed by atoms with Crippen molar-refractivity contribution in [3.8, 4) is 0 Å². The number of carbonyl (C=O) groups is 3. The molecule has 1 fully saturated rings. The Labute approximate surface area is 156 Å². The molecule has 1 aliphatic heterocycles. The predicted octanol–water partition coefficient (Wildman–Crippen LogP) is 2.51. The highest BCUT2D eigenvalue weighted by Crippen LogP contribution is 2.21. The lowest BCUT2D eigenvalue weighted by Gasteiger charge is -2.32. The number of amides is 3. The lowest BCUT2D eigenvalue weighted by Crippen LogP contribution is -2.48. The standard InChI is InChI=1S/C19H18ClN3O3/c20-16-6-1-2-7-17(16)21-18(25)14-4-3-5-15(12-14)19(26)23-10-8-22(13-24)9-11-23/h1-7,12-13H,8-11H2,(H,21,25). The van der Waals surface area contributed by atoms with Gasteiger partial charge in [-0.3, -0.25) is 14.4 Å². The van der Waals surface area contributed by atoms with Crippen LogP contribution < -0.4 is 5.32 Å². The fraction of sp³-hybridized carbons (Fsp3) is 0.211. The summed E-state index contributed by atoms with van der Waals surface area (Å²) in [5, 5.41) is 3.19. The van der Waals surface area contributed by atoms with Crippen molar-refractivity contribution in [2.24, 2.45) is 0 Å². The Morgan fingerprint density at radius 3 is 2.35 bits per heavy atom. The first-order valence-corrected chi connectivity index (χ1v) is 8.61. The van der Waals surface area contributed by atoms with Crippen molar-refractivity contribution in [2.45, 2.75) is 0 Å². The van der Waals surface area contributed by atoms with Gasteiger partial charge in [0.1, 0.15) is 0 Å². The van der Waals surface area contributed by atoms with E-state index >= 15 is 0 Å². The fourth-order valence-corrected chi connectivity index (χ4v) is 2.95. The van der Waals surface area contributed by atoms with Gasteiger partial charge in [-0.25, -0.2) is 0 Å². The van der Waals surface area contributed by atoms with Gasteiger partial charge in [0.2, 0.25) is 6.41 Å². The van der Waals surface area contributed by atoms with Crippen LogP contribution in [0.2, 0.25) is 5.02 Å². The molecule has 134 valence electrons. The molecule has 2 aromatic carbocycles. The Hall–Kier alpha value is -2.86. The zero-order valence-corrected chi connectivity index (χ0v) is 14.8. The number of benzene rings is 2. The molecule has 1 N–H and O–H groups in total. The van der Waals surface area contributed by atoms with Crippen LogP contribution in [0, 0.1) is 0 Å². The molecule has 0 atom stereocenters. The van der Waals surface area contributed by atoms with Gasteiger partial charge < -0.3 is 15.1 Å². The van der Waals surface area contributed by atoms with Crippen LogP contribution >= 0.6 is 11.6 Å². The Balaban J connectivity index is 1.71.